The third-order valence-electron chi connectivity index (χ3n) is 3.20. The number of aliphatic hydroxyl groups is 1. The Hall–Kier alpha value is -2.87. The van der Waals surface area contributed by atoms with E-state index in [1.807, 2.05) is 30.3 Å². The fraction of sp³-hybridized carbons (Fsp3) is 0.353. The van der Waals surface area contributed by atoms with Crippen LogP contribution in [0, 0.1) is 0 Å². The van der Waals surface area contributed by atoms with Crippen molar-refractivity contribution < 1.29 is 24.2 Å². The van der Waals surface area contributed by atoms with Gasteiger partial charge in [-0.1, -0.05) is 36.4 Å². The fourth-order valence-electron chi connectivity index (χ4n) is 1.93. The molecule has 0 heterocycles. The van der Waals surface area contributed by atoms with Crippen molar-refractivity contribution in [2.45, 2.75) is 31.6 Å². The van der Waals surface area contributed by atoms with Crippen molar-refractivity contribution >= 4 is 17.9 Å². The van der Waals surface area contributed by atoms with E-state index in [1.54, 1.807) is 0 Å². The Balaban J connectivity index is 2.27. The average Bonchev–Trinajstić information content (AvgIpc) is 2.58. The van der Waals surface area contributed by atoms with Crippen molar-refractivity contribution in [1.82, 2.24) is 10.6 Å². The maximum Gasteiger partial charge on any atom is 0.407 e. The minimum atomic E-state index is -1.12. The van der Waals surface area contributed by atoms with Crippen molar-refractivity contribution in [3.63, 3.8) is 0 Å². The molecule has 0 saturated heterocycles. The Labute approximate surface area is 146 Å². The number of ether oxygens (including phenoxy) is 1. The molecule has 5 N–H and O–H groups in total. The molecule has 1 aromatic carbocycles. The van der Waals surface area contributed by atoms with E-state index in [1.165, 1.54) is 6.08 Å². The number of amides is 3. The minimum Gasteiger partial charge on any atom is -0.445 e. The van der Waals surface area contributed by atoms with E-state index in [0.29, 0.717) is 0 Å². The number of nitrogens with one attached hydrogen (secondary N) is 2. The zero-order chi connectivity index (χ0) is 18.7. The Morgan fingerprint density at radius 1 is 1.28 bits per heavy atom. The first-order valence-corrected chi connectivity index (χ1v) is 7.74. The van der Waals surface area contributed by atoms with Crippen LogP contribution in [-0.4, -0.2) is 41.7 Å². The molecular formula is C17H23N3O5. The Bertz CT molecular complexity index is 591. The molecule has 0 aromatic heterocycles. The van der Waals surface area contributed by atoms with Crippen LogP contribution < -0.4 is 16.4 Å². The van der Waals surface area contributed by atoms with Gasteiger partial charge in [0.25, 0.3) is 0 Å². The summed E-state index contributed by atoms with van der Waals surface area (Å²) in [6.45, 7) is 3.41. The van der Waals surface area contributed by atoms with Crippen molar-refractivity contribution in [2.75, 3.05) is 6.54 Å². The molecule has 3 amide bonds. The van der Waals surface area contributed by atoms with Crippen molar-refractivity contribution in [2.24, 2.45) is 5.73 Å². The first kappa shape index (κ1) is 20.2. The van der Waals surface area contributed by atoms with E-state index in [0.717, 1.165) is 5.56 Å². The molecular weight excluding hydrogens is 326 g/mol. The molecule has 25 heavy (non-hydrogen) atoms. The van der Waals surface area contributed by atoms with Crippen LogP contribution in [0.3, 0.4) is 0 Å². The van der Waals surface area contributed by atoms with E-state index < -0.39 is 30.1 Å². The molecule has 0 fully saturated rings. The van der Waals surface area contributed by atoms with Crippen LogP contribution in [0.2, 0.25) is 0 Å². The molecule has 136 valence electrons. The van der Waals surface area contributed by atoms with Gasteiger partial charge in [0.1, 0.15) is 12.6 Å². The SMILES string of the molecule is C=CC[C@@H](NC(=O)C[C@@H](O)CNC(=O)OCc1ccccc1)C(N)=O. The van der Waals surface area contributed by atoms with Crippen LogP contribution in [0.15, 0.2) is 43.0 Å². The van der Waals surface area contributed by atoms with Gasteiger partial charge in [0.2, 0.25) is 11.8 Å². The zero-order valence-corrected chi connectivity index (χ0v) is 13.8. The third-order valence-corrected chi connectivity index (χ3v) is 3.20. The molecule has 1 aromatic rings. The van der Waals surface area contributed by atoms with Crippen molar-refractivity contribution in [1.29, 1.82) is 0 Å². The van der Waals surface area contributed by atoms with Gasteiger partial charge in [-0.15, -0.1) is 6.58 Å². The van der Waals surface area contributed by atoms with E-state index in [4.69, 9.17) is 10.5 Å². The predicted molar refractivity (Wildman–Crippen MR) is 91.2 cm³/mol. The summed E-state index contributed by atoms with van der Waals surface area (Å²) in [6.07, 6.45) is -0.469. The molecule has 0 unspecified atom stereocenters. The normalized spacial score (nSPS) is 12.5. The van der Waals surface area contributed by atoms with Gasteiger partial charge in [-0.25, -0.2) is 4.79 Å². The lowest BCUT2D eigenvalue weighted by Gasteiger charge is -2.16. The van der Waals surface area contributed by atoms with Gasteiger partial charge < -0.3 is 26.2 Å². The van der Waals surface area contributed by atoms with Gasteiger partial charge in [-0.05, 0) is 12.0 Å². The van der Waals surface area contributed by atoms with Crippen molar-refractivity contribution in [3.8, 4) is 0 Å². The lowest BCUT2D eigenvalue weighted by molar-refractivity contribution is -0.128. The number of primary amides is 1. The van der Waals surface area contributed by atoms with Gasteiger partial charge in [-0.2, -0.15) is 0 Å². The standard InChI is InChI=1S/C17H23N3O5/c1-2-6-14(16(18)23)20-15(22)9-13(21)10-19-17(24)25-11-12-7-4-3-5-8-12/h2-5,7-8,13-14,21H,1,6,9-11H2,(H2,18,23)(H,19,24)(H,20,22)/t13-,14-/m1/s1. The molecule has 0 saturated carbocycles. The number of nitrogens with two attached hydrogens (primary N) is 1. The summed E-state index contributed by atoms with van der Waals surface area (Å²) in [6, 6.07) is 8.24. The van der Waals surface area contributed by atoms with Crippen LogP contribution >= 0.6 is 0 Å². The number of carbonyl (C=O) groups is 3. The monoisotopic (exact) mass is 349 g/mol. The molecule has 1 rings (SSSR count). The summed E-state index contributed by atoms with van der Waals surface area (Å²) in [5.74, 6) is -1.25. The molecule has 2 atom stereocenters. The van der Waals surface area contributed by atoms with Gasteiger partial charge in [-0.3, -0.25) is 9.59 Å². The van der Waals surface area contributed by atoms with Crippen LogP contribution in [0.25, 0.3) is 0 Å². The summed E-state index contributed by atoms with van der Waals surface area (Å²) in [5, 5.41) is 14.5. The number of aliphatic hydroxyl groups excluding tert-OH is 1. The third kappa shape index (κ3) is 8.52. The molecule has 8 nitrogen and oxygen atoms in total. The molecule has 0 bridgehead atoms. The maximum atomic E-state index is 11.7. The number of hydrogen-bond acceptors (Lipinski definition) is 5. The molecule has 0 radical (unpaired) electrons. The summed E-state index contributed by atoms with van der Waals surface area (Å²) in [5.41, 5.74) is 5.97. The highest BCUT2D eigenvalue weighted by atomic mass is 16.5. The molecule has 0 aliphatic heterocycles. The Morgan fingerprint density at radius 2 is 1.96 bits per heavy atom. The number of carbonyl (C=O) groups excluding carboxylic acids is 3. The number of rotatable bonds is 10. The maximum absolute atomic E-state index is 11.7. The quantitative estimate of drug-likeness (QED) is 0.449. The van der Waals surface area contributed by atoms with Gasteiger partial charge in [0.05, 0.1) is 12.5 Å². The van der Waals surface area contributed by atoms with Crippen molar-refractivity contribution in [3.05, 3.63) is 48.6 Å². The second-order valence-electron chi connectivity index (χ2n) is 5.35. The van der Waals surface area contributed by atoms with Crippen LogP contribution in [0.4, 0.5) is 4.79 Å². The molecule has 0 spiro atoms. The number of alkyl carbamates (subject to hydrolysis) is 1. The number of benzene rings is 1. The summed E-state index contributed by atoms with van der Waals surface area (Å²) in [7, 11) is 0. The first-order chi connectivity index (χ1) is 11.9. The fourth-order valence-corrected chi connectivity index (χ4v) is 1.93. The minimum absolute atomic E-state index is 0.102. The summed E-state index contributed by atoms with van der Waals surface area (Å²) >= 11 is 0. The Morgan fingerprint density at radius 3 is 2.56 bits per heavy atom. The molecule has 0 aliphatic rings. The zero-order valence-electron chi connectivity index (χ0n) is 13.8. The van der Waals surface area contributed by atoms with E-state index >= 15 is 0 Å². The highest BCUT2D eigenvalue weighted by Crippen LogP contribution is 2.01. The highest BCUT2D eigenvalue weighted by Gasteiger charge is 2.19. The van der Waals surface area contributed by atoms with Crippen LogP contribution in [0.5, 0.6) is 0 Å². The smallest absolute Gasteiger partial charge is 0.407 e. The lowest BCUT2D eigenvalue weighted by Crippen LogP contribution is -2.45. The lowest BCUT2D eigenvalue weighted by atomic mass is 10.1. The Kier molecular flexibility index (Phi) is 8.73. The van der Waals surface area contributed by atoms with Gasteiger partial charge in [0.15, 0.2) is 0 Å². The second kappa shape index (κ2) is 10.8. The average molecular weight is 349 g/mol. The first-order valence-electron chi connectivity index (χ1n) is 7.74. The largest absolute Gasteiger partial charge is 0.445 e. The second-order valence-corrected chi connectivity index (χ2v) is 5.35. The van der Waals surface area contributed by atoms with E-state index in [9.17, 15) is 19.5 Å². The van der Waals surface area contributed by atoms with Gasteiger partial charge >= 0.3 is 6.09 Å². The van der Waals surface area contributed by atoms with E-state index in [-0.39, 0.29) is 26.0 Å². The predicted octanol–water partition coefficient (Wildman–Crippen LogP) is 0.210. The summed E-state index contributed by atoms with van der Waals surface area (Å²) in [4.78, 5) is 34.4. The molecule has 8 heteroatoms. The van der Waals surface area contributed by atoms with Crippen LogP contribution in [0.1, 0.15) is 18.4 Å². The topological polar surface area (TPSA) is 131 Å². The highest BCUT2D eigenvalue weighted by molar-refractivity contribution is 5.86. The summed E-state index contributed by atoms with van der Waals surface area (Å²) < 4.78 is 4.98. The van der Waals surface area contributed by atoms with Gasteiger partial charge in [0, 0.05) is 6.54 Å². The number of hydrogen-bond donors (Lipinski definition) is 4. The van der Waals surface area contributed by atoms with E-state index in [2.05, 4.69) is 17.2 Å². The molecule has 0 aliphatic carbocycles. The van der Waals surface area contributed by atoms with Crippen LogP contribution in [-0.2, 0) is 20.9 Å².